The number of nitrogens with zero attached hydrogens (tertiary/aromatic N) is 2. The highest BCUT2D eigenvalue weighted by atomic mass is 15.1. The summed E-state index contributed by atoms with van der Waals surface area (Å²) in [5.41, 5.74) is 20.8. The zero-order valence-electron chi connectivity index (χ0n) is 37.1. The Morgan fingerprint density at radius 2 is 0.853 bits per heavy atom. The van der Waals surface area contributed by atoms with Gasteiger partial charge in [0.05, 0.1) is 28.0 Å². The van der Waals surface area contributed by atoms with Crippen LogP contribution in [0.4, 0.5) is 17.1 Å². The summed E-state index contributed by atoms with van der Waals surface area (Å²) in [5, 5.41) is 5.93. The minimum absolute atomic E-state index is 0.597. The van der Waals surface area contributed by atoms with Gasteiger partial charge >= 0.3 is 0 Å². The van der Waals surface area contributed by atoms with Gasteiger partial charge in [-0.1, -0.05) is 212 Å². The highest BCUT2D eigenvalue weighted by Crippen LogP contribution is 2.64. The molecule has 1 aromatic heterocycles. The minimum atomic E-state index is -0.597. The van der Waals surface area contributed by atoms with E-state index in [4.69, 9.17) is 4.98 Å². The Morgan fingerprint density at radius 3 is 1.62 bits per heavy atom. The highest BCUT2D eigenvalue weighted by Gasteiger charge is 2.52. The second-order valence-corrected chi connectivity index (χ2v) is 18.2. The van der Waals surface area contributed by atoms with Crippen molar-refractivity contribution in [1.82, 2.24) is 4.98 Å². The number of benzene rings is 11. The molecule has 0 saturated carbocycles. The van der Waals surface area contributed by atoms with Crippen molar-refractivity contribution in [3.8, 4) is 55.8 Å². The van der Waals surface area contributed by atoms with Crippen molar-refractivity contribution < 1.29 is 0 Å². The molecule has 68 heavy (non-hydrogen) atoms. The van der Waals surface area contributed by atoms with Crippen LogP contribution in [-0.4, -0.2) is 4.98 Å². The molecule has 0 bridgehead atoms. The average Bonchev–Trinajstić information content (AvgIpc) is 3.88. The molecule has 2 heteroatoms. The van der Waals surface area contributed by atoms with Gasteiger partial charge in [-0.05, 0) is 114 Å². The summed E-state index contributed by atoms with van der Waals surface area (Å²) in [6.07, 6.45) is 0. The van der Waals surface area contributed by atoms with Gasteiger partial charge < -0.3 is 4.90 Å². The van der Waals surface area contributed by atoms with Gasteiger partial charge in [0.15, 0.2) is 0 Å². The largest absolute Gasteiger partial charge is 0.309 e. The fourth-order valence-corrected chi connectivity index (χ4v) is 11.7. The van der Waals surface area contributed by atoms with Gasteiger partial charge in [0.25, 0.3) is 0 Å². The first-order valence-corrected chi connectivity index (χ1v) is 23.5. The molecular formula is C66H42N2. The van der Waals surface area contributed by atoms with Crippen LogP contribution in [0.5, 0.6) is 0 Å². The molecule has 316 valence electrons. The smallest absolute Gasteiger partial charge is 0.0788 e. The molecule has 14 rings (SSSR count). The van der Waals surface area contributed by atoms with Crippen molar-refractivity contribution in [2.45, 2.75) is 5.41 Å². The number of pyridine rings is 1. The maximum atomic E-state index is 5.43. The molecule has 1 spiro atoms. The van der Waals surface area contributed by atoms with E-state index in [-0.39, 0.29) is 0 Å². The van der Waals surface area contributed by atoms with Crippen molar-refractivity contribution >= 4 is 49.5 Å². The SMILES string of the molecule is c1ccc(-c2ccc(N(c3ccc4c(c3)C3(c5ccccc5-c5ccc(-c6nc7ccccc7c7ccccc67)cc53)c3ccccc3-4)c3cccc4ccccc34)c(-c3ccccc3)c2)cc1. The van der Waals surface area contributed by atoms with Gasteiger partial charge in [0.2, 0.25) is 0 Å². The normalized spacial score (nSPS) is 14.2. The highest BCUT2D eigenvalue weighted by molar-refractivity contribution is 6.11. The van der Waals surface area contributed by atoms with E-state index < -0.39 is 5.41 Å². The van der Waals surface area contributed by atoms with E-state index in [1.54, 1.807) is 0 Å². The molecule has 2 nitrogen and oxygen atoms in total. The lowest BCUT2D eigenvalue weighted by Gasteiger charge is -2.33. The molecular weight excluding hydrogens is 821 g/mol. The number of hydrogen-bond acceptors (Lipinski definition) is 2. The monoisotopic (exact) mass is 862 g/mol. The van der Waals surface area contributed by atoms with Crippen LogP contribution in [-0.2, 0) is 5.41 Å². The Morgan fingerprint density at radius 1 is 0.294 bits per heavy atom. The predicted molar refractivity (Wildman–Crippen MR) is 284 cm³/mol. The molecule has 2 aliphatic carbocycles. The standard InChI is InChI=1S/C66H42N2/c1-3-18-43(19-4-1)46-35-39-64(57(40-46)45-20-5-2-6-21-45)68(63-33-17-23-44-22-7-8-24-49(44)63)48-36-38-54-52-27-12-15-31-59(52)66(61(54)42-48)58-30-14-11-26-51(58)53-37-34-47(41-60(53)66)65-56-29-10-9-25-50(56)55-28-13-16-32-62(55)67-65/h1-42H. The lowest BCUT2D eigenvalue weighted by Crippen LogP contribution is -2.26. The molecule has 1 atom stereocenters. The Kier molecular flexibility index (Phi) is 8.53. The molecule has 0 amide bonds. The number of para-hydroxylation sites is 1. The van der Waals surface area contributed by atoms with Gasteiger partial charge in [0, 0.05) is 33.0 Å². The van der Waals surface area contributed by atoms with Crippen molar-refractivity contribution in [2.24, 2.45) is 0 Å². The maximum absolute atomic E-state index is 5.43. The molecule has 11 aromatic carbocycles. The van der Waals surface area contributed by atoms with E-state index in [1.807, 2.05) is 0 Å². The Hall–Kier alpha value is -8.85. The van der Waals surface area contributed by atoms with Crippen molar-refractivity contribution in [3.05, 3.63) is 277 Å². The fourth-order valence-electron chi connectivity index (χ4n) is 11.7. The Bertz CT molecular complexity index is 3970. The lowest BCUT2D eigenvalue weighted by molar-refractivity contribution is 0.794. The van der Waals surface area contributed by atoms with Gasteiger partial charge in [0.1, 0.15) is 0 Å². The minimum Gasteiger partial charge on any atom is -0.309 e. The van der Waals surface area contributed by atoms with Gasteiger partial charge in [-0.3, -0.25) is 0 Å². The van der Waals surface area contributed by atoms with Crippen LogP contribution < -0.4 is 4.90 Å². The first kappa shape index (κ1) is 38.4. The zero-order valence-corrected chi connectivity index (χ0v) is 37.1. The second-order valence-electron chi connectivity index (χ2n) is 18.2. The molecule has 1 heterocycles. The third kappa shape index (κ3) is 5.61. The number of fused-ring (bicyclic) bond motifs is 14. The van der Waals surface area contributed by atoms with Crippen LogP contribution in [0.1, 0.15) is 22.3 Å². The molecule has 0 radical (unpaired) electrons. The number of aromatic nitrogens is 1. The first-order chi connectivity index (χ1) is 33.7. The summed E-state index contributed by atoms with van der Waals surface area (Å²) in [7, 11) is 0. The predicted octanol–water partition coefficient (Wildman–Crippen LogP) is 17.4. The van der Waals surface area contributed by atoms with E-state index in [0.717, 1.165) is 50.3 Å². The summed E-state index contributed by atoms with van der Waals surface area (Å²) in [4.78, 5) is 7.95. The van der Waals surface area contributed by atoms with Crippen LogP contribution in [0.2, 0.25) is 0 Å². The van der Waals surface area contributed by atoms with Gasteiger partial charge in [-0.25, -0.2) is 4.98 Å². The molecule has 0 N–H and O–H groups in total. The zero-order chi connectivity index (χ0) is 44.8. The van der Waals surface area contributed by atoms with Crippen molar-refractivity contribution in [1.29, 1.82) is 0 Å². The van der Waals surface area contributed by atoms with Crippen molar-refractivity contribution in [3.63, 3.8) is 0 Å². The summed E-state index contributed by atoms with van der Waals surface area (Å²) < 4.78 is 0. The van der Waals surface area contributed by atoms with E-state index >= 15 is 0 Å². The third-order valence-corrected chi connectivity index (χ3v) is 14.7. The summed E-state index contributed by atoms with van der Waals surface area (Å²) >= 11 is 0. The Labute approximate surface area is 395 Å². The number of hydrogen-bond donors (Lipinski definition) is 0. The molecule has 1 unspecified atom stereocenters. The van der Waals surface area contributed by atoms with E-state index in [1.165, 1.54) is 77.2 Å². The molecule has 0 fully saturated rings. The Balaban J connectivity index is 1.05. The molecule has 12 aromatic rings. The average molecular weight is 863 g/mol. The van der Waals surface area contributed by atoms with Crippen LogP contribution in [0.3, 0.4) is 0 Å². The summed E-state index contributed by atoms with van der Waals surface area (Å²) in [5.74, 6) is 0. The fraction of sp³-hybridized carbons (Fsp3) is 0.0152. The molecule has 2 aliphatic rings. The van der Waals surface area contributed by atoms with E-state index in [9.17, 15) is 0 Å². The van der Waals surface area contributed by atoms with Crippen LogP contribution >= 0.6 is 0 Å². The third-order valence-electron chi connectivity index (χ3n) is 14.7. The maximum Gasteiger partial charge on any atom is 0.0788 e. The van der Waals surface area contributed by atoms with Crippen molar-refractivity contribution in [2.75, 3.05) is 4.90 Å². The van der Waals surface area contributed by atoms with Crippen LogP contribution in [0.15, 0.2) is 255 Å². The van der Waals surface area contributed by atoms with E-state index in [2.05, 4.69) is 260 Å². The van der Waals surface area contributed by atoms with Gasteiger partial charge in [-0.15, -0.1) is 0 Å². The topological polar surface area (TPSA) is 16.1 Å². The second kappa shape index (κ2) is 15.1. The summed E-state index contributed by atoms with van der Waals surface area (Å²) in [6, 6.07) is 93.9. The lowest BCUT2D eigenvalue weighted by atomic mass is 9.70. The van der Waals surface area contributed by atoms with Gasteiger partial charge in [-0.2, -0.15) is 0 Å². The van der Waals surface area contributed by atoms with E-state index in [0.29, 0.717) is 0 Å². The molecule has 0 saturated heterocycles. The number of anilines is 3. The summed E-state index contributed by atoms with van der Waals surface area (Å²) in [6.45, 7) is 0. The quantitative estimate of drug-likeness (QED) is 0.155. The molecule has 0 aliphatic heterocycles. The first-order valence-electron chi connectivity index (χ1n) is 23.5. The van der Waals surface area contributed by atoms with Crippen LogP contribution in [0.25, 0.3) is 88.2 Å². The van der Waals surface area contributed by atoms with Crippen LogP contribution in [0, 0.1) is 0 Å². The number of rotatable bonds is 6.